The zero-order valence-corrected chi connectivity index (χ0v) is 10.8. The third-order valence-corrected chi connectivity index (χ3v) is 3.26. The molecule has 92 valence electrons. The van der Waals surface area contributed by atoms with Gasteiger partial charge in [0.2, 0.25) is 0 Å². The minimum absolute atomic E-state index is 0.684. The fraction of sp³-hybridized carbons (Fsp3) is 0.429. The van der Waals surface area contributed by atoms with Crippen LogP contribution in [0.25, 0.3) is 10.9 Å². The molecule has 0 aliphatic rings. The van der Waals surface area contributed by atoms with E-state index < -0.39 is 0 Å². The van der Waals surface area contributed by atoms with Gasteiger partial charge in [-0.3, -0.25) is 0 Å². The highest BCUT2D eigenvalue weighted by molar-refractivity contribution is 5.86. The van der Waals surface area contributed by atoms with Crippen LogP contribution < -0.4 is 10.5 Å². The number of nitrogens with two attached hydrogens (primary N) is 1. The molecule has 0 aliphatic carbocycles. The molecule has 0 atom stereocenters. The number of hydrogen-bond donors (Lipinski definition) is 1. The average Bonchev–Trinajstić information content (AvgIpc) is 2.55. The summed E-state index contributed by atoms with van der Waals surface area (Å²) in [5.74, 6) is 0.938. The van der Waals surface area contributed by atoms with Gasteiger partial charge in [0, 0.05) is 30.1 Å². The maximum atomic E-state index is 5.66. The van der Waals surface area contributed by atoms with Crippen molar-refractivity contribution in [3.8, 4) is 5.75 Å². The lowest BCUT2D eigenvalue weighted by Gasteiger charge is -2.04. The molecule has 3 heteroatoms. The van der Waals surface area contributed by atoms with Crippen molar-refractivity contribution in [2.24, 2.45) is 12.8 Å². The molecule has 17 heavy (non-hydrogen) atoms. The van der Waals surface area contributed by atoms with E-state index in [0.717, 1.165) is 12.2 Å². The predicted molar refractivity (Wildman–Crippen MR) is 71.6 cm³/mol. The van der Waals surface area contributed by atoms with Crippen molar-refractivity contribution >= 4 is 10.9 Å². The van der Waals surface area contributed by atoms with Crippen molar-refractivity contribution in [3.63, 3.8) is 0 Å². The first kappa shape index (κ1) is 12.0. The number of nitrogens with zero attached hydrogens (tertiary/aromatic N) is 1. The SMILES string of the molecule is CCOc1ccc2c(c1)c(C)c(CCN)n2C. The Labute approximate surface area is 102 Å². The van der Waals surface area contributed by atoms with E-state index in [-0.39, 0.29) is 0 Å². The van der Waals surface area contributed by atoms with Crippen molar-refractivity contribution in [1.82, 2.24) is 4.57 Å². The molecule has 0 saturated heterocycles. The summed E-state index contributed by atoms with van der Waals surface area (Å²) in [6, 6.07) is 6.26. The number of benzene rings is 1. The van der Waals surface area contributed by atoms with Crippen LogP contribution in [-0.4, -0.2) is 17.7 Å². The van der Waals surface area contributed by atoms with Gasteiger partial charge < -0.3 is 15.0 Å². The van der Waals surface area contributed by atoms with E-state index >= 15 is 0 Å². The fourth-order valence-corrected chi connectivity index (χ4v) is 2.41. The summed E-state index contributed by atoms with van der Waals surface area (Å²) in [6.07, 6.45) is 0.918. The van der Waals surface area contributed by atoms with E-state index in [4.69, 9.17) is 10.5 Å². The Morgan fingerprint density at radius 2 is 2.12 bits per heavy atom. The highest BCUT2D eigenvalue weighted by Crippen LogP contribution is 2.28. The molecular formula is C14H20N2O. The third-order valence-electron chi connectivity index (χ3n) is 3.26. The van der Waals surface area contributed by atoms with Crippen LogP contribution in [0.2, 0.25) is 0 Å². The molecule has 2 N–H and O–H groups in total. The van der Waals surface area contributed by atoms with Gasteiger partial charge in [0.05, 0.1) is 6.61 Å². The first-order chi connectivity index (χ1) is 8.19. The second-order valence-corrected chi connectivity index (χ2v) is 4.28. The maximum absolute atomic E-state index is 5.66. The zero-order valence-electron chi connectivity index (χ0n) is 10.8. The lowest BCUT2D eigenvalue weighted by atomic mass is 10.1. The van der Waals surface area contributed by atoms with Gasteiger partial charge >= 0.3 is 0 Å². The fourth-order valence-electron chi connectivity index (χ4n) is 2.41. The van der Waals surface area contributed by atoms with Crippen LogP contribution in [0.1, 0.15) is 18.2 Å². The van der Waals surface area contributed by atoms with Gasteiger partial charge in [-0.2, -0.15) is 0 Å². The number of fused-ring (bicyclic) bond motifs is 1. The number of aromatic nitrogens is 1. The maximum Gasteiger partial charge on any atom is 0.120 e. The van der Waals surface area contributed by atoms with Crippen molar-refractivity contribution < 1.29 is 4.74 Å². The molecule has 0 spiro atoms. The molecule has 0 amide bonds. The summed E-state index contributed by atoms with van der Waals surface area (Å²) in [4.78, 5) is 0. The van der Waals surface area contributed by atoms with Crippen molar-refractivity contribution in [2.45, 2.75) is 20.3 Å². The summed E-state index contributed by atoms with van der Waals surface area (Å²) < 4.78 is 7.77. The van der Waals surface area contributed by atoms with Crippen LogP contribution in [0.3, 0.4) is 0 Å². The number of rotatable bonds is 4. The number of aryl methyl sites for hydroxylation is 2. The van der Waals surface area contributed by atoms with Crippen molar-refractivity contribution in [1.29, 1.82) is 0 Å². The minimum atomic E-state index is 0.684. The highest BCUT2D eigenvalue weighted by atomic mass is 16.5. The standard InChI is InChI=1S/C14H20N2O/c1-4-17-11-5-6-14-12(9-11)10(2)13(7-8-15)16(14)3/h5-6,9H,4,7-8,15H2,1-3H3. The Kier molecular flexibility index (Phi) is 3.38. The van der Waals surface area contributed by atoms with Gasteiger partial charge in [-0.25, -0.2) is 0 Å². The molecule has 0 unspecified atom stereocenters. The molecule has 0 bridgehead atoms. The average molecular weight is 232 g/mol. The van der Waals surface area contributed by atoms with Gasteiger partial charge in [-0.1, -0.05) is 0 Å². The topological polar surface area (TPSA) is 40.2 Å². The van der Waals surface area contributed by atoms with Gasteiger partial charge in [0.15, 0.2) is 0 Å². The van der Waals surface area contributed by atoms with E-state index in [0.29, 0.717) is 13.2 Å². The van der Waals surface area contributed by atoms with Gasteiger partial charge in [-0.15, -0.1) is 0 Å². The van der Waals surface area contributed by atoms with Crippen LogP contribution in [0.15, 0.2) is 18.2 Å². The van der Waals surface area contributed by atoms with Gasteiger partial charge in [-0.05, 0) is 44.2 Å². The highest BCUT2D eigenvalue weighted by Gasteiger charge is 2.11. The molecule has 0 fully saturated rings. The third kappa shape index (κ3) is 2.03. The Morgan fingerprint density at radius 1 is 1.35 bits per heavy atom. The van der Waals surface area contributed by atoms with E-state index in [9.17, 15) is 0 Å². The Hall–Kier alpha value is -1.48. The second-order valence-electron chi connectivity index (χ2n) is 4.28. The summed E-state index contributed by atoms with van der Waals surface area (Å²) in [6.45, 7) is 5.54. The molecule has 1 aromatic carbocycles. The molecule has 0 radical (unpaired) electrons. The quantitative estimate of drug-likeness (QED) is 0.879. The Morgan fingerprint density at radius 3 is 2.76 bits per heavy atom. The lowest BCUT2D eigenvalue weighted by Crippen LogP contribution is -2.07. The van der Waals surface area contributed by atoms with Gasteiger partial charge in [0.25, 0.3) is 0 Å². The van der Waals surface area contributed by atoms with Crippen LogP contribution in [-0.2, 0) is 13.5 Å². The normalized spacial score (nSPS) is 11.1. The van der Waals surface area contributed by atoms with Crippen LogP contribution in [0, 0.1) is 6.92 Å². The molecule has 2 aromatic rings. The largest absolute Gasteiger partial charge is 0.494 e. The molecular weight excluding hydrogens is 212 g/mol. The summed E-state index contributed by atoms with van der Waals surface area (Å²) >= 11 is 0. The molecule has 3 nitrogen and oxygen atoms in total. The molecule has 0 aliphatic heterocycles. The molecule has 1 heterocycles. The van der Waals surface area contributed by atoms with E-state index in [1.165, 1.54) is 22.2 Å². The molecule has 2 rings (SSSR count). The van der Waals surface area contributed by atoms with E-state index in [1.807, 2.05) is 13.0 Å². The van der Waals surface area contributed by atoms with Crippen LogP contribution in [0.4, 0.5) is 0 Å². The summed E-state index contributed by atoms with van der Waals surface area (Å²) in [7, 11) is 2.10. The van der Waals surface area contributed by atoms with E-state index in [1.54, 1.807) is 0 Å². The molecule has 0 saturated carbocycles. The first-order valence-corrected chi connectivity index (χ1v) is 6.09. The second kappa shape index (κ2) is 4.80. The molecule has 1 aromatic heterocycles. The van der Waals surface area contributed by atoms with Crippen LogP contribution >= 0.6 is 0 Å². The first-order valence-electron chi connectivity index (χ1n) is 6.09. The number of hydrogen-bond acceptors (Lipinski definition) is 2. The summed E-state index contributed by atoms with van der Waals surface area (Å²) in [5.41, 5.74) is 9.53. The van der Waals surface area contributed by atoms with Crippen molar-refractivity contribution in [3.05, 3.63) is 29.5 Å². The van der Waals surface area contributed by atoms with E-state index in [2.05, 4.69) is 30.7 Å². The zero-order chi connectivity index (χ0) is 12.4. The monoisotopic (exact) mass is 232 g/mol. The lowest BCUT2D eigenvalue weighted by molar-refractivity contribution is 0.340. The van der Waals surface area contributed by atoms with Crippen molar-refractivity contribution in [2.75, 3.05) is 13.2 Å². The number of ether oxygens (including phenoxy) is 1. The Bertz CT molecular complexity index is 528. The minimum Gasteiger partial charge on any atom is -0.494 e. The Balaban J connectivity index is 2.57. The van der Waals surface area contributed by atoms with Crippen LogP contribution in [0.5, 0.6) is 5.75 Å². The predicted octanol–water partition coefficient (Wildman–Crippen LogP) is 2.39. The summed E-state index contributed by atoms with van der Waals surface area (Å²) in [5, 5.41) is 1.27. The smallest absolute Gasteiger partial charge is 0.120 e. The van der Waals surface area contributed by atoms with Gasteiger partial charge in [0.1, 0.15) is 5.75 Å².